The Balaban J connectivity index is 2.01. The third-order valence-corrected chi connectivity index (χ3v) is 4.20. The van der Waals surface area contributed by atoms with E-state index in [-0.39, 0.29) is 0 Å². The maximum atomic E-state index is 12.5. The Bertz CT molecular complexity index is 401. The average Bonchev–Trinajstić information content (AvgIpc) is 2.56. The van der Waals surface area contributed by atoms with Gasteiger partial charge in [-0.25, -0.2) is 0 Å². The van der Waals surface area contributed by atoms with Crippen molar-refractivity contribution < 1.29 is 8.78 Å². The predicted octanol–water partition coefficient (Wildman–Crippen LogP) is 3.90. The topological polar surface area (TPSA) is 15.3 Å². The maximum Gasteiger partial charge on any atom is 0.288 e. The van der Waals surface area contributed by atoms with Crippen molar-refractivity contribution in [2.24, 2.45) is 0 Å². The Kier molecular flexibility index (Phi) is 5.45. The van der Waals surface area contributed by atoms with Gasteiger partial charge in [0.25, 0.3) is 5.76 Å². The average molecular weight is 286 g/mol. The zero-order valence-corrected chi connectivity index (χ0v) is 11.9. The monoisotopic (exact) mass is 286 g/mol. The highest BCUT2D eigenvalue weighted by atomic mass is 32.2. The molecular formula is C14H20F2N2S. The summed E-state index contributed by atoms with van der Waals surface area (Å²) in [6, 6.07) is 7.71. The van der Waals surface area contributed by atoms with Crippen molar-refractivity contribution in [1.82, 2.24) is 4.90 Å². The van der Waals surface area contributed by atoms with E-state index in [4.69, 9.17) is 0 Å². The molecule has 1 atom stereocenters. The number of likely N-dealkylation sites (tertiary alicyclic amines) is 1. The van der Waals surface area contributed by atoms with Gasteiger partial charge in [0.1, 0.15) is 0 Å². The molecule has 0 bridgehead atoms. The van der Waals surface area contributed by atoms with Crippen molar-refractivity contribution >= 4 is 17.4 Å². The molecule has 1 saturated heterocycles. The molecule has 2 rings (SSSR count). The van der Waals surface area contributed by atoms with Gasteiger partial charge in [0.2, 0.25) is 0 Å². The Morgan fingerprint density at radius 3 is 2.84 bits per heavy atom. The molecule has 2 nitrogen and oxygen atoms in total. The van der Waals surface area contributed by atoms with E-state index < -0.39 is 5.76 Å². The van der Waals surface area contributed by atoms with Gasteiger partial charge in [-0.3, -0.25) is 0 Å². The van der Waals surface area contributed by atoms with Gasteiger partial charge >= 0.3 is 0 Å². The molecule has 5 heteroatoms. The second-order valence-electron chi connectivity index (χ2n) is 4.95. The summed E-state index contributed by atoms with van der Waals surface area (Å²) in [6.45, 7) is 2.17. The molecule has 1 aliphatic rings. The van der Waals surface area contributed by atoms with Crippen LogP contribution in [0.4, 0.5) is 14.5 Å². The fraction of sp³-hybridized carbons (Fsp3) is 0.571. The second-order valence-corrected chi connectivity index (χ2v) is 5.98. The van der Waals surface area contributed by atoms with E-state index in [0.29, 0.717) is 22.7 Å². The molecule has 19 heavy (non-hydrogen) atoms. The molecule has 0 aromatic heterocycles. The number of thioether (sulfide) groups is 1. The fourth-order valence-electron chi connectivity index (χ4n) is 2.39. The zero-order chi connectivity index (χ0) is 13.7. The number of nitrogens with zero attached hydrogens (tertiary/aromatic N) is 1. The lowest BCUT2D eigenvalue weighted by Gasteiger charge is -2.20. The third kappa shape index (κ3) is 4.66. The second kappa shape index (κ2) is 7.10. The van der Waals surface area contributed by atoms with Gasteiger partial charge < -0.3 is 10.2 Å². The van der Waals surface area contributed by atoms with Crippen LogP contribution in [0.25, 0.3) is 0 Å². The summed E-state index contributed by atoms with van der Waals surface area (Å²) < 4.78 is 25.0. The van der Waals surface area contributed by atoms with Crippen LogP contribution in [-0.4, -0.2) is 36.8 Å². The van der Waals surface area contributed by atoms with Gasteiger partial charge in [-0.15, -0.1) is 0 Å². The highest BCUT2D eigenvalue weighted by Gasteiger charge is 2.16. The van der Waals surface area contributed by atoms with Crippen LogP contribution < -0.4 is 5.32 Å². The van der Waals surface area contributed by atoms with Crippen molar-refractivity contribution in [3.05, 3.63) is 24.3 Å². The standard InChI is InChI=1S/C14H20F2N2S/c1-18-9-4-5-11(8-10-18)17-12-6-2-3-7-13(12)19-14(15)16/h2-3,6-7,11,14,17H,4-5,8-10H2,1H3. The van der Waals surface area contributed by atoms with E-state index in [9.17, 15) is 8.78 Å². The van der Waals surface area contributed by atoms with Crippen molar-refractivity contribution in [2.75, 3.05) is 25.5 Å². The number of para-hydroxylation sites is 1. The summed E-state index contributed by atoms with van der Waals surface area (Å²) in [4.78, 5) is 2.96. The van der Waals surface area contributed by atoms with E-state index in [0.717, 1.165) is 38.0 Å². The largest absolute Gasteiger partial charge is 0.381 e. The number of halogens is 2. The van der Waals surface area contributed by atoms with Crippen LogP contribution in [0.1, 0.15) is 19.3 Å². The van der Waals surface area contributed by atoms with Gasteiger partial charge in [0, 0.05) is 16.6 Å². The number of benzene rings is 1. The van der Waals surface area contributed by atoms with Crippen molar-refractivity contribution in [3.63, 3.8) is 0 Å². The molecule has 0 saturated carbocycles. The summed E-state index contributed by atoms with van der Waals surface area (Å²) in [5.41, 5.74) is 0.836. The van der Waals surface area contributed by atoms with Gasteiger partial charge in [-0.1, -0.05) is 23.9 Å². The van der Waals surface area contributed by atoms with Crippen LogP contribution in [0.2, 0.25) is 0 Å². The number of anilines is 1. The molecule has 106 valence electrons. The lowest BCUT2D eigenvalue weighted by Crippen LogP contribution is -2.23. The minimum atomic E-state index is -2.37. The van der Waals surface area contributed by atoms with Crippen LogP contribution in [0.5, 0.6) is 0 Å². The molecule has 1 fully saturated rings. The van der Waals surface area contributed by atoms with E-state index in [1.807, 2.05) is 12.1 Å². The quantitative estimate of drug-likeness (QED) is 0.845. The Labute approximate surface area is 117 Å². The highest BCUT2D eigenvalue weighted by molar-refractivity contribution is 7.99. The highest BCUT2D eigenvalue weighted by Crippen LogP contribution is 2.32. The summed E-state index contributed by atoms with van der Waals surface area (Å²) in [7, 11) is 2.13. The summed E-state index contributed by atoms with van der Waals surface area (Å²) in [5, 5.41) is 3.43. The molecule has 1 heterocycles. The number of rotatable bonds is 4. The summed E-state index contributed by atoms with van der Waals surface area (Å²) in [6.07, 6.45) is 3.31. The first-order chi connectivity index (χ1) is 9.15. The predicted molar refractivity (Wildman–Crippen MR) is 77.1 cm³/mol. The lowest BCUT2D eigenvalue weighted by molar-refractivity contribution is 0.252. The van der Waals surface area contributed by atoms with E-state index in [2.05, 4.69) is 17.3 Å². The molecule has 0 aliphatic carbocycles. The van der Waals surface area contributed by atoms with Crippen LogP contribution in [0.3, 0.4) is 0 Å². The van der Waals surface area contributed by atoms with E-state index in [1.165, 1.54) is 0 Å². The van der Waals surface area contributed by atoms with Crippen molar-refractivity contribution in [2.45, 2.75) is 36.0 Å². The Morgan fingerprint density at radius 1 is 1.26 bits per heavy atom. The molecule has 1 aliphatic heterocycles. The van der Waals surface area contributed by atoms with E-state index >= 15 is 0 Å². The number of nitrogens with one attached hydrogen (secondary N) is 1. The summed E-state index contributed by atoms with van der Waals surface area (Å²) in [5.74, 6) is -2.37. The maximum absolute atomic E-state index is 12.5. The van der Waals surface area contributed by atoms with Crippen molar-refractivity contribution in [3.8, 4) is 0 Å². The number of hydrogen-bond donors (Lipinski definition) is 1. The SMILES string of the molecule is CN1CCCC(Nc2ccccc2SC(F)F)CC1. The molecule has 0 amide bonds. The first kappa shape index (κ1) is 14.6. The normalized spacial score (nSPS) is 21.4. The minimum Gasteiger partial charge on any atom is -0.381 e. The Hall–Kier alpha value is -0.810. The molecule has 0 radical (unpaired) electrons. The van der Waals surface area contributed by atoms with Crippen LogP contribution in [-0.2, 0) is 0 Å². The molecule has 1 aromatic rings. The number of hydrogen-bond acceptors (Lipinski definition) is 3. The smallest absolute Gasteiger partial charge is 0.288 e. The molecule has 0 spiro atoms. The van der Waals surface area contributed by atoms with Gasteiger partial charge in [-0.05, 0) is 51.5 Å². The van der Waals surface area contributed by atoms with Gasteiger partial charge in [-0.2, -0.15) is 8.78 Å². The van der Waals surface area contributed by atoms with Gasteiger partial charge in [0.05, 0.1) is 0 Å². The lowest BCUT2D eigenvalue weighted by atomic mass is 10.1. The van der Waals surface area contributed by atoms with Gasteiger partial charge in [0.15, 0.2) is 0 Å². The Morgan fingerprint density at radius 2 is 2.05 bits per heavy atom. The first-order valence-corrected chi connectivity index (χ1v) is 7.52. The zero-order valence-electron chi connectivity index (χ0n) is 11.1. The van der Waals surface area contributed by atoms with Crippen LogP contribution in [0.15, 0.2) is 29.2 Å². The molecule has 1 unspecified atom stereocenters. The number of alkyl halides is 2. The molecule has 1 N–H and O–H groups in total. The van der Waals surface area contributed by atoms with E-state index in [1.54, 1.807) is 12.1 Å². The fourth-order valence-corrected chi connectivity index (χ4v) is 2.99. The van der Waals surface area contributed by atoms with Crippen LogP contribution >= 0.6 is 11.8 Å². The first-order valence-electron chi connectivity index (χ1n) is 6.64. The van der Waals surface area contributed by atoms with Crippen LogP contribution in [0, 0.1) is 0 Å². The van der Waals surface area contributed by atoms with Crippen molar-refractivity contribution in [1.29, 1.82) is 0 Å². The minimum absolute atomic E-state index is 0.379. The summed E-state index contributed by atoms with van der Waals surface area (Å²) >= 11 is 0.613. The molecular weight excluding hydrogens is 266 g/mol. The third-order valence-electron chi connectivity index (χ3n) is 3.41. The molecule has 1 aromatic carbocycles.